The second-order valence-corrected chi connectivity index (χ2v) is 4.72. The molecular formula is C11H15N3OS. The molecule has 1 atom stereocenters. The van der Waals surface area contributed by atoms with E-state index in [-0.39, 0.29) is 0 Å². The third-order valence-electron chi connectivity index (χ3n) is 2.31. The maximum Gasteiger partial charge on any atom is 0.213 e. The van der Waals surface area contributed by atoms with Gasteiger partial charge in [-0.05, 0) is 19.4 Å². The van der Waals surface area contributed by atoms with Crippen LogP contribution in [0.4, 0.5) is 5.69 Å². The van der Waals surface area contributed by atoms with Gasteiger partial charge in [-0.2, -0.15) is 0 Å². The van der Waals surface area contributed by atoms with Crippen LogP contribution in [0.3, 0.4) is 0 Å². The summed E-state index contributed by atoms with van der Waals surface area (Å²) < 4.78 is 5.00. The van der Waals surface area contributed by atoms with Crippen molar-refractivity contribution in [1.82, 2.24) is 4.98 Å². The maximum absolute atomic E-state index is 5.00. The highest BCUT2D eigenvalue weighted by Gasteiger charge is 2.11. The van der Waals surface area contributed by atoms with E-state index >= 15 is 0 Å². The van der Waals surface area contributed by atoms with Crippen molar-refractivity contribution in [3.05, 3.63) is 18.3 Å². The Labute approximate surface area is 99.5 Å². The number of amidine groups is 1. The Morgan fingerprint density at radius 1 is 1.50 bits per heavy atom. The van der Waals surface area contributed by atoms with Crippen molar-refractivity contribution < 1.29 is 4.74 Å². The van der Waals surface area contributed by atoms with E-state index in [9.17, 15) is 0 Å². The predicted octanol–water partition coefficient (Wildman–Crippen LogP) is 2.38. The predicted molar refractivity (Wildman–Crippen MR) is 68.4 cm³/mol. The lowest BCUT2D eigenvalue weighted by Crippen LogP contribution is -2.18. The van der Waals surface area contributed by atoms with Crippen LogP contribution in [-0.2, 0) is 0 Å². The van der Waals surface area contributed by atoms with Crippen LogP contribution < -0.4 is 10.1 Å². The van der Waals surface area contributed by atoms with Gasteiger partial charge in [-0.25, -0.2) is 4.98 Å². The minimum atomic E-state index is 0.412. The van der Waals surface area contributed by atoms with Crippen LogP contribution in [0, 0.1) is 0 Å². The van der Waals surface area contributed by atoms with Gasteiger partial charge < -0.3 is 10.1 Å². The largest absolute Gasteiger partial charge is 0.481 e. The zero-order chi connectivity index (χ0) is 11.4. The molecule has 0 aliphatic carbocycles. The van der Waals surface area contributed by atoms with Gasteiger partial charge in [-0.1, -0.05) is 11.8 Å². The molecule has 16 heavy (non-hydrogen) atoms. The van der Waals surface area contributed by atoms with Crippen molar-refractivity contribution in [1.29, 1.82) is 0 Å². The molecule has 0 bridgehead atoms. The molecule has 1 aromatic heterocycles. The highest BCUT2D eigenvalue weighted by Crippen LogP contribution is 2.19. The summed E-state index contributed by atoms with van der Waals surface area (Å²) in [6, 6.07) is 4.18. The fourth-order valence-corrected chi connectivity index (χ4v) is 2.49. The second kappa shape index (κ2) is 5.21. The molecule has 86 valence electrons. The standard InChI is InChI=1S/C11H15N3OS/c1-8-5-6-16-11(13-8)14-9-3-4-10(15-2)12-7-9/h3-4,7-8H,5-6H2,1-2H3,(H,13,14). The Hall–Kier alpha value is -1.23. The molecular weight excluding hydrogens is 222 g/mol. The molecule has 0 spiro atoms. The number of hydrogen-bond acceptors (Lipinski definition) is 5. The van der Waals surface area contributed by atoms with E-state index in [1.807, 2.05) is 12.1 Å². The first-order chi connectivity index (χ1) is 7.78. The number of aromatic nitrogens is 1. The first-order valence-electron chi connectivity index (χ1n) is 5.25. The molecule has 5 heteroatoms. The smallest absolute Gasteiger partial charge is 0.213 e. The van der Waals surface area contributed by atoms with E-state index in [4.69, 9.17) is 4.74 Å². The first-order valence-corrected chi connectivity index (χ1v) is 6.24. The van der Waals surface area contributed by atoms with Gasteiger partial charge in [-0.15, -0.1) is 0 Å². The van der Waals surface area contributed by atoms with Crippen molar-refractivity contribution in [2.24, 2.45) is 4.99 Å². The maximum atomic E-state index is 5.00. The van der Waals surface area contributed by atoms with Crippen LogP contribution >= 0.6 is 11.8 Å². The molecule has 0 saturated heterocycles. The van der Waals surface area contributed by atoms with Gasteiger partial charge in [0.05, 0.1) is 25.0 Å². The molecule has 1 N–H and O–H groups in total. The minimum Gasteiger partial charge on any atom is -0.481 e. The van der Waals surface area contributed by atoms with Crippen molar-refractivity contribution in [2.45, 2.75) is 19.4 Å². The zero-order valence-corrected chi connectivity index (χ0v) is 10.3. The van der Waals surface area contributed by atoms with Crippen LogP contribution in [0.1, 0.15) is 13.3 Å². The van der Waals surface area contributed by atoms with E-state index in [1.165, 1.54) is 0 Å². The topological polar surface area (TPSA) is 46.5 Å². The van der Waals surface area contributed by atoms with Crippen LogP contribution in [0.2, 0.25) is 0 Å². The third kappa shape index (κ3) is 2.88. The number of anilines is 1. The van der Waals surface area contributed by atoms with Crippen molar-refractivity contribution in [3.63, 3.8) is 0 Å². The van der Waals surface area contributed by atoms with Crippen molar-refractivity contribution >= 4 is 22.6 Å². The number of thioether (sulfide) groups is 1. The van der Waals surface area contributed by atoms with E-state index in [2.05, 4.69) is 22.2 Å². The summed E-state index contributed by atoms with van der Waals surface area (Å²) >= 11 is 1.75. The number of aliphatic imine (C=N–C) groups is 1. The van der Waals surface area contributed by atoms with Gasteiger partial charge >= 0.3 is 0 Å². The Balaban J connectivity index is 2.03. The zero-order valence-electron chi connectivity index (χ0n) is 9.43. The van der Waals surface area contributed by atoms with Gasteiger partial charge in [0.2, 0.25) is 5.88 Å². The molecule has 4 nitrogen and oxygen atoms in total. The van der Waals surface area contributed by atoms with Gasteiger partial charge in [0.15, 0.2) is 5.17 Å². The van der Waals surface area contributed by atoms with Crippen molar-refractivity contribution in [2.75, 3.05) is 18.2 Å². The Bertz CT molecular complexity index is 377. The number of methoxy groups -OCH3 is 1. The van der Waals surface area contributed by atoms with Crippen LogP contribution in [0.5, 0.6) is 5.88 Å². The van der Waals surface area contributed by atoms with E-state index in [1.54, 1.807) is 25.1 Å². The average Bonchev–Trinajstić information content (AvgIpc) is 2.30. The highest BCUT2D eigenvalue weighted by molar-refractivity contribution is 8.14. The molecule has 0 amide bonds. The molecule has 2 rings (SSSR count). The quantitative estimate of drug-likeness (QED) is 0.858. The van der Waals surface area contributed by atoms with Gasteiger partial charge in [-0.3, -0.25) is 4.99 Å². The SMILES string of the molecule is COc1ccc(NC2=NC(C)CCS2)cn1. The average molecular weight is 237 g/mol. The molecule has 0 aromatic carbocycles. The fourth-order valence-electron chi connectivity index (χ4n) is 1.39. The molecule has 1 unspecified atom stereocenters. The lowest BCUT2D eigenvalue weighted by Gasteiger charge is -2.17. The summed E-state index contributed by atoms with van der Waals surface area (Å²) in [5.41, 5.74) is 0.946. The second-order valence-electron chi connectivity index (χ2n) is 3.63. The fraction of sp³-hybridized carbons (Fsp3) is 0.455. The summed E-state index contributed by atoms with van der Waals surface area (Å²) in [6.07, 6.45) is 2.90. The number of pyridine rings is 1. The van der Waals surface area contributed by atoms with Gasteiger partial charge in [0.25, 0.3) is 0 Å². The summed E-state index contributed by atoms with van der Waals surface area (Å²) in [6.45, 7) is 2.13. The Kier molecular flexibility index (Phi) is 3.66. The van der Waals surface area contributed by atoms with Crippen LogP contribution in [-0.4, -0.2) is 29.1 Å². The van der Waals surface area contributed by atoms with Crippen LogP contribution in [0.25, 0.3) is 0 Å². The molecule has 0 fully saturated rings. The van der Waals surface area contributed by atoms with E-state index < -0.39 is 0 Å². The van der Waals surface area contributed by atoms with Crippen LogP contribution in [0.15, 0.2) is 23.3 Å². The highest BCUT2D eigenvalue weighted by atomic mass is 32.2. The Morgan fingerprint density at radius 2 is 2.38 bits per heavy atom. The van der Waals surface area contributed by atoms with E-state index in [0.29, 0.717) is 11.9 Å². The number of rotatable bonds is 2. The molecule has 1 aliphatic heterocycles. The Morgan fingerprint density at radius 3 is 3.00 bits per heavy atom. The number of nitrogens with zero attached hydrogens (tertiary/aromatic N) is 2. The normalized spacial score (nSPS) is 20.1. The monoisotopic (exact) mass is 237 g/mol. The third-order valence-corrected chi connectivity index (χ3v) is 3.23. The first kappa shape index (κ1) is 11.3. The van der Waals surface area contributed by atoms with Crippen molar-refractivity contribution in [3.8, 4) is 5.88 Å². The number of ether oxygens (including phenoxy) is 1. The lowest BCUT2D eigenvalue weighted by atomic mass is 10.3. The van der Waals surface area contributed by atoms with Gasteiger partial charge in [0.1, 0.15) is 0 Å². The van der Waals surface area contributed by atoms with E-state index in [0.717, 1.165) is 23.0 Å². The molecule has 0 saturated carbocycles. The molecule has 0 radical (unpaired) electrons. The summed E-state index contributed by atoms with van der Waals surface area (Å²) in [5.74, 6) is 1.74. The number of hydrogen-bond donors (Lipinski definition) is 1. The molecule has 1 aliphatic rings. The molecule has 2 heterocycles. The van der Waals surface area contributed by atoms with Gasteiger partial charge in [0, 0.05) is 11.8 Å². The molecule has 1 aromatic rings. The summed E-state index contributed by atoms with van der Waals surface area (Å²) in [4.78, 5) is 8.66. The summed E-state index contributed by atoms with van der Waals surface area (Å²) in [7, 11) is 1.61. The summed E-state index contributed by atoms with van der Waals surface area (Å²) in [5, 5.41) is 4.23. The minimum absolute atomic E-state index is 0.412. The number of nitrogens with one attached hydrogen (secondary N) is 1. The lowest BCUT2D eigenvalue weighted by molar-refractivity contribution is 0.398.